The number of methoxy groups -OCH3 is 2. The van der Waals surface area contributed by atoms with Gasteiger partial charge in [-0.2, -0.15) is 0 Å². The average molecular weight is 315 g/mol. The van der Waals surface area contributed by atoms with Gasteiger partial charge in [-0.3, -0.25) is 4.79 Å². The lowest BCUT2D eigenvalue weighted by Gasteiger charge is -2.16. The molecule has 0 saturated heterocycles. The van der Waals surface area contributed by atoms with Gasteiger partial charge in [0, 0.05) is 23.9 Å². The number of carbonyl (C=O) groups is 1. The van der Waals surface area contributed by atoms with E-state index in [-0.39, 0.29) is 12.7 Å². The fourth-order valence-electron chi connectivity index (χ4n) is 2.28. The SMILES string of the molecule is COCOc1c(OC)ccc(NC(=O)c2ccccc2C)c1C. The zero-order valence-corrected chi connectivity index (χ0v) is 13.8. The average Bonchev–Trinajstić information content (AvgIpc) is 2.55. The van der Waals surface area contributed by atoms with Gasteiger partial charge in [0.15, 0.2) is 18.3 Å². The lowest BCUT2D eigenvalue weighted by Crippen LogP contribution is -2.14. The molecule has 0 spiro atoms. The van der Waals surface area contributed by atoms with Crippen molar-refractivity contribution in [3.05, 3.63) is 53.1 Å². The molecule has 0 aliphatic carbocycles. The summed E-state index contributed by atoms with van der Waals surface area (Å²) < 4.78 is 15.8. The van der Waals surface area contributed by atoms with Crippen LogP contribution >= 0.6 is 0 Å². The van der Waals surface area contributed by atoms with E-state index in [1.54, 1.807) is 32.4 Å². The Morgan fingerprint density at radius 2 is 1.83 bits per heavy atom. The minimum Gasteiger partial charge on any atom is -0.493 e. The van der Waals surface area contributed by atoms with Crippen molar-refractivity contribution in [2.75, 3.05) is 26.3 Å². The second-order valence-electron chi connectivity index (χ2n) is 5.09. The van der Waals surface area contributed by atoms with Crippen LogP contribution in [0.2, 0.25) is 0 Å². The molecule has 1 N–H and O–H groups in total. The first kappa shape index (κ1) is 16.8. The third-order valence-electron chi connectivity index (χ3n) is 3.55. The lowest BCUT2D eigenvalue weighted by molar-refractivity contribution is 0.0487. The second-order valence-corrected chi connectivity index (χ2v) is 5.09. The van der Waals surface area contributed by atoms with E-state index in [4.69, 9.17) is 14.2 Å². The monoisotopic (exact) mass is 315 g/mol. The van der Waals surface area contributed by atoms with Gasteiger partial charge in [-0.15, -0.1) is 0 Å². The van der Waals surface area contributed by atoms with Crippen LogP contribution in [0.25, 0.3) is 0 Å². The minimum absolute atomic E-state index is 0.104. The van der Waals surface area contributed by atoms with Gasteiger partial charge < -0.3 is 19.5 Å². The number of ether oxygens (including phenoxy) is 3. The number of nitrogens with one attached hydrogen (secondary N) is 1. The van der Waals surface area contributed by atoms with E-state index in [2.05, 4.69) is 5.32 Å². The Kier molecular flexibility index (Phi) is 5.60. The molecular weight excluding hydrogens is 294 g/mol. The molecule has 0 saturated carbocycles. The molecule has 0 heterocycles. The minimum atomic E-state index is -0.158. The zero-order valence-electron chi connectivity index (χ0n) is 13.8. The summed E-state index contributed by atoms with van der Waals surface area (Å²) in [6.45, 7) is 3.87. The van der Waals surface area contributed by atoms with Crippen molar-refractivity contribution in [3.8, 4) is 11.5 Å². The van der Waals surface area contributed by atoms with Gasteiger partial charge in [-0.05, 0) is 37.6 Å². The van der Waals surface area contributed by atoms with Crippen molar-refractivity contribution >= 4 is 11.6 Å². The molecule has 0 aliphatic heterocycles. The third-order valence-corrected chi connectivity index (χ3v) is 3.55. The highest BCUT2D eigenvalue weighted by atomic mass is 16.7. The smallest absolute Gasteiger partial charge is 0.255 e. The topological polar surface area (TPSA) is 56.8 Å². The molecule has 0 aliphatic rings. The van der Waals surface area contributed by atoms with Crippen LogP contribution in [0.4, 0.5) is 5.69 Å². The summed E-state index contributed by atoms with van der Waals surface area (Å²) in [4.78, 5) is 12.5. The molecule has 0 radical (unpaired) electrons. The summed E-state index contributed by atoms with van der Waals surface area (Å²) in [5.74, 6) is 0.986. The van der Waals surface area contributed by atoms with Gasteiger partial charge in [0.05, 0.1) is 7.11 Å². The molecule has 0 aromatic heterocycles. The molecule has 0 unspecified atom stereocenters. The van der Waals surface area contributed by atoms with Crippen LogP contribution in [0.15, 0.2) is 36.4 Å². The van der Waals surface area contributed by atoms with Gasteiger partial charge in [0.1, 0.15) is 0 Å². The van der Waals surface area contributed by atoms with Crippen LogP contribution < -0.4 is 14.8 Å². The second kappa shape index (κ2) is 7.65. The van der Waals surface area contributed by atoms with Crippen molar-refractivity contribution in [1.29, 1.82) is 0 Å². The Hall–Kier alpha value is -2.53. The fourth-order valence-corrected chi connectivity index (χ4v) is 2.28. The largest absolute Gasteiger partial charge is 0.493 e. The molecule has 1 amide bonds. The molecule has 5 heteroatoms. The Morgan fingerprint density at radius 1 is 1.09 bits per heavy atom. The Labute approximate surface area is 136 Å². The van der Waals surface area contributed by atoms with Crippen molar-refractivity contribution in [1.82, 2.24) is 0 Å². The third kappa shape index (κ3) is 3.81. The predicted molar refractivity (Wildman–Crippen MR) is 89.4 cm³/mol. The van der Waals surface area contributed by atoms with E-state index in [1.165, 1.54) is 0 Å². The molecule has 0 atom stereocenters. The van der Waals surface area contributed by atoms with E-state index in [0.29, 0.717) is 22.7 Å². The summed E-state index contributed by atoms with van der Waals surface area (Å²) in [6.07, 6.45) is 0. The van der Waals surface area contributed by atoms with E-state index in [0.717, 1.165) is 11.1 Å². The van der Waals surface area contributed by atoms with E-state index < -0.39 is 0 Å². The number of aryl methyl sites for hydroxylation is 1. The maximum absolute atomic E-state index is 12.5. The Bertz CT molecular complexity index is 697. The Morgan fingerprint density at radius 3 is 2.48 bits per heavy atom. The zero-order chi connectivity index (χ0) is 16.8. The highest BCUT2D eigenvalue weighted by Gasteiger charge is 2.15. The van der Waals surface area contributed by atoms with Crippen molar-refractivity contribution in [3.63, 3.8) is 0 Å². The van der Waals surface area contributed by atoms with Crippen LogP contribution in [-0.2, 0) is 4.74 Å². The van der Waals surface area contributed by atoms with Crippen molar-refractivity contribution < 1.29 is 19.0 Å². The molecule has 2 aromatic rings. The number of carbonyl (C=O) groups excluding carboxylic acids is 1. The summed E-state index contributed by atoms with van der Waals surface area (Å²) in [6, 6.07) is 11.0. The van der Waals surface area contributed by atoms with E-state index >= 15 is 0 Å². The maximum Gasteiger partial charge on any atom is 0.255 e. The fraction of sp³-hybridized carbons (Fsp3) is 0.278. The van der Waals surface area contributed by atoms with E-state index in [1.807, 2.05) is 32.0 Å². The predicted octanol–water partition coefficient (Wildman–Crippen LogP) is 3.55. The number of benzene rings is 2. The molecule has 122 valence electrons. The molecular formula is C18H21NO4. The van der Waals surface area contributed by atoms with Crippen LogP contribution in [0.5, 0.6) is 11.5 Å². The van der Waals surface area contributed by atoms with Crippen LogP contribution in [0.3, 0.4) is 0 Å². The summed E-state index contributed by atoms with van der Waals surface area (Å²) >= 11 is 0. The quantitative estimate of drug-likeness (QED) is 0.828. The van der Waals surface area contributed by atoms with Gasteiger partial charge in [0.2, 0.25) is 0 Å². The van der Waals surface area contributed by atoms with Gasteiger partial charge in [0.25, 0.3) is 5.91 Å². The van der Waals surface area contributed by atoms with Crippen molar-refractivity contribution in [2.24, 2.45) is 0 Å². The molecule has 23 heavy (non-hydrogen) atoms. The standard InChI is InChI=1S/C18H21NO4/c1-12-7-5-6-8-14(12)18(20)19-15-9-10-16(22-4)17(13(15)2)23-11-21-3/h5-10H,11H2,1-4H3,(H,19,20). The normalized spacial score (nSPS) is 10.3. The molecule has 0 bridgehead atoms. The summed E-state index contributed by atoms with van der Waals surface area (Å²) in [7, 11) is 3.12. The van der Waals surface area contributed by atoms with E-state index in [9.17, 15) is 4.79 Å². The number of hydrogen-bond donors (Lipinski definition) is 1. The van der Waals surface area contributed by atoms with Gasteiger partial charge >= 0.3 is 0 Å². The molecule has 5 nitrogen and oxygen atoms in total. The number of amides is 1. The van der Waals surface area contributed by atoms with Crippen LogP contribution in [-0.4, -0.2) is 26.9 Å². The van der Waals surface area contributed by atoms with Gasteiger partial charge in [-0.1, -0.05) is 18.2 Å². The first-order valence-corrected chi connectivity index (χ1v) is 7.24. The highest BCUT2D eigenvalue weighted by Crippen LogP contribution is 2.35. The summed E-state index contributed by atoms with van der Waals surface area (Å²) in [5, 5.41) is 2.92. The number of rotatable bonds is 6. The lowest BCUT2D eigenvalue weighted by atomic mass is 10.1. The van der Waals surface area contributed by atoms with Crippen LogP contribution in [0.1, 0.15) is 21.5 Å². The number of anilines is 1. The first-order valence-electron chi connectivity index (χ1n) is 7.24. The maximum atomic E-state index is 12.5. The highest BCUT2D eigenvalue weighted by molar-refractivity contribution is 6.05. The van der Waals surface area contributed by atoms with Crippen molar-refractivity contribution in [2.45, 2.75) is 13.8 Å². The number of hydrogen-bond acceptors (Lipinski definition) is 4. The molecule has 2 rings (SSSR count). The van der Waals surface area contributed by atoms with Gasteiger partial charge in [-0.25, -0.2) is 0 Å². The summed E-state index contributed by atoms with van der Waals surface area (Å²) in [5.41, 5.74) is 3.02. The first-order chi connectivity index (χ1) is 11.1. The van der Waals surface area contributed by atoms with Crippen LogP contribution in [0, 0.1) is 13.8 Å². The Balaban J connectivity index is 2.29. The molecule has 2 aromatic carbocycles. The molecule has 0 fully saturated rings.